The molecule has 0 unspecified atom stereocenters. The molecule has 0 aliphatic carbocycles. The van der Waals surface area contributed by atoms with Gasteiger partial charge in [-0.1, -0.05) is 36.8 Å². The van der Waals surface area contributed by atoms with Crippen LogP contribution in [0.5, 0.6) is 0 Å². The molecule has 0 fully saturated rings. The minimum atomic E-state index is -3.37. The first kappa shape index (κ1) is 14.8. The fourth-order valence-electron chi connectivity index (χ4n) is 1.86. The number of benzene rings is 1. The lowest BCUT2D eigenvalue weighted by Gasteiger charge is -2.07. The van der Waals surface area contributed by atoms with Gasteiger partial charge >= 0.3 is 0 Å². The van der Waals surface area contributed by atoms with Gasteiger partial charge in [-0.2, -0.15) is 4.37 Å². The van der Waals surface area contributed by atoms with Crippen molar-refractivity contribution in [3.63, 3.8) is 0 Å². The van der Waals surface area contributed by atoms with Gasteiger partial charge in [0.05, 0.1) is 5.75 Å². The van der Waals surface area contributed by atoms with Gasteiger partial charge in [0.1, 0.15) is 9.90 Å². The first-order chi connectivity index (χ1) is 9.44. The highest BCUT2D eigenvalue weighted by molar-refractivity contribution is 7.91. The van der Waals surface area contributed by atoms with Crippen molar-refractivity contribution in [1.29, 1.82) is 0 Å². The number of sulfone groups is 1. The van der Waals surface area contributed by atoms with Crippen LogP contribution in [0, 0.1) is 6.92 Å². The zero-order valence-electron chi connectivity index (χ0n) is 11.4. The van der Waals surface area contributed by atoms with Gasteiger partial charge in [-0.25, -0.2) is 8.42 Å². The van der Waals surface area contributed by atoms with Gasteiger partial charge in [0.25, 0.3) is 0 Å². The average Bonchev–Trinajstić information content (AvgIpc) is 2.78. The largest absolute Gasteiger partial charge is 0.382 e. The fourth-order valence-corrected chi connectivity index (χ4v) is 4.02. The summed E-state index contributed by atoms with van der Waals surface area (Å²) in [5.74, 6) is 0.0814. The van der Waals surface area contributed by atoms with Crippen LogP contribution in [-0.4, -0.2) is 18.5 Å². The molecular formula is C13H17N3O2S2. The van der Waals surface area contributed by atoms with Gasteiger partial charge < -0.3 is 11.1 Å². The molecule has 108 valence electrons. The Hall–Kier alpha value is -1.60. The van der Waals surface area contributed by atoms with Gasteiger partial charge in [0, 0.05) is 6.54 Å². The number of nitrogens with one attached hydrogen (secondary N) is 1. The molecule has 0 amide bonds. The number of hydrogen-bond donors (Lipinski definition) is 2. The first-order valence-electron chi connectivity index (χ1n) is 6.21. The molecule has 1 aromatic carbocycles. The summed E-state index contributed by atoms with van der Waals surface area (Å²) in [6, 6.07) is 8.02. The number of hydrogen-bond acceptors (Lipinski definition) is 6. The van der Waals surface area contributed by atoms with E-state index in [0.29, 0.717) is 11.5 Å². The van der Waals surface area contributed by atoms with Crippen molar-refractivity contribution in [2.24, 2.45) is 0 Å². The summed E-state index contributed by atoms with van der Waals surface area (Å²) in [4.78, 5) is 0.123. The number of nitrogen functional groups attached to an aromatic ring is 1. The SMILES string of the molecule is CCS(=O)(=O)c1c(N)nsc1NCc1cccc(C)c1. The van der Waals surface area contributed by atoms with E-state index in [1.165, 1.54) is 0 Å². The first-order valence-corrected chi connectivity index (χ1v) is 8.64. The summed E-state index contributed by atoms with van der Waals surface area (Å²) in [5, 5.41) is 3.62. The van der Waals surface area contributed by atoms with Crippen molar-refractivity contribution in [3.05, 3.63) is 35.4 Å². The average molecular weight is 311 g/mol. The molecule has 7 heteroatoms. The lowest BCUT2D eigenvalue weighted by atomic mass is 10.1. The van der Waals surface area contributed by atoms with Crippen molar-refractivity contribution in [2.45, 2.75) is 25.3 Å². The van der Waals surface area contributed by atoms with E-state index in [2.05, 4.69) is 9.69 Å². The maximum atomic E-state index is 12.0. The van der Waals surface area contributed by atoms with E-state index in [-0.39, 0.29) is 16.5 Å². The van der Waals surface area contributed by atoms with E-state index in [1.807, 2.05) is 31.2 Å². The minimum Gasteiger partial charge on any atom is -0.382 e. The van der Waals surface area contributed by atoms with Crippen LogP contribution in [0.15, 0.2) is 29.2 Å². The lowest BCUT2D eigenvalue weighted by Crippen LogP contribution is -2.09. The molecular weight excluding hydrogens is 294 g/mol. The van der Waals surface area contributed by atoms with E-state index in [9.17, 15) is 8.42 Å². The van der Waals surface area contributed by atoms with Gasteiger partial charge in [-0.3, -0.25) is 0 Å². The maximum absolute atomic E-state index is 12.0. The monoisotopic (exact) mass is 311 g/mol. The number of nitrogens with two attached hydrogens (primary N) is 1. The Morgan fingerprint density at radius 2 is 2.15 bits per heavy atom. The Labute approximate surface area is 122 Å². The zero-order chi connectivity index (χ0) is 14.8. The highest BCUT2D eigenvalue weighted by Gasteiger charge is 2.23. The normalized spacial score (nSPS) is 11.5. The van der Waals surface area contributed by atoms with E-state index in [0.717, 1.165) is 22.7 Å². The summed E-state index contributed by atoms with van der Waals surface area (Å²) in [7, 11) is -3.37. The second-order valence-corrected chi connectivity index (χ2v) is 7.46. The minimum absolute atomic E-state index is 0.00867. The fraction of sp³-hybridized carbons (Fsp3) is 0.308. The number of aromatic nitrogens is 1. The van der Waals surface area contributed by atoms with E-state index >= 15 is 0 Å². The Kier molecular flexibility index (Phi) is 4.29. The highest BCUT2D eigenvalue weighted by atomic mass is 32.2. The van der Waals surface area contributed by atoms with Gasteiger partial charge in [-0.15, -0.1) is 0 Å². The molecule has 0 aliphatic heterocycles. The molecule has 5 nitrogen and oxygen atoms in total. The highest BCUT2D eigenvalue weighted by Crippen LogP contribution is 2.32. The van der Waals surface area contributed by atoms with E-state index in [1.54, 1.807) is 6.92 Å². The molecule has 0 radical (unpaired) electrons. The third kappa shape index (κ3) is 3.10. The lowest BCUT2D eigenvalue weighted by molar-refractivity contribution is 0.598. The summed E-state index contributed by atoms with van der Waals surface area (Å²) in [5.41, 5.74) is 7.92. The van der Waals surface area contributed by atoms with Crippen molar-refractivity contribution in [3.8, 4) is 0 Å². The Balaban J connectivity index is 2.23. The molecule has 0 bridgehead atoms. The molecule has 0 spiro atoms. The number of rotatable bonds is 5. The predicted octanol–water partition coefficient (Wildman–Crippen LogP) is 2.44. The van der Waals surface area contributed by atoms with Crippen LogP contribution in [0.2, 0.25) is 0 Å². The van der Waals surface area contributed by atoms with E-state index < -0.39 is 9.84 Å². The standard InChI is InChI=1S/C13H17N3O2S2/c1-3-20(17,18)11-12(14)16-19-13(11)15-8-10-6-4-5-9(2)7-10/h4-7,15H,3,8H2,1-2H3,(H2,14,16). The molecule has 1 aromatic heterocycles. The molecule has 20 heavy (non-hydrogen) atoms. The van der Waals surface area contributed by atoms with Crippen molar-refractivity contribution >= 4 is 32.2 Å². The molecule has 0 saturated carbocycles. The molecule has 2 aromatic rings. The quantitative estimate of drug-likeness (QED) is 0.886. The summed E-state index contributed by atoms with van der Waals surface area (Å²) < 4.78 is 28.0. The van der Waals surface area contributed by atoms with Crippen LogP contribution in [-0.2, 0) is 16.4 Å². The zero-order valence-corrected chi connectivity index (χ0v) is 13.0. The van der Waals surface area contributed by atoms with Crippen LogP contribution in [0.3, 0.4) is 0 Å². The number of anilines is 2. The van der Waals surface area contributed by atoms with E-state index in [4.69, 9.17) is 5.73 Å². The second-order valence-electron chi connectivity index (χ2n) is 4.47. The van der Waals surface area contributed by atoms with Gasteiger partial charge in [0.2, 0.25) is 0 Å². The van der Waals surface area contributed by atoms with Crippen LogP contribution in [0.25, 0.3) is 0 Å². The van der Waals surface area contributed by atoms with Crippen molar-refractivity contribution < 1.29 is 8.42 Å². The Bertz CT molecular complexity index is 708. The predicted molar refractivity (Wildman–Crippen MR) is 82.8 cm³/mol. The molecule has 0 aliphatic rings. The van der Waals surface area contributed by atoms with Gasteiger partial charge in [-0.05, 0) is 24.0 Å². The Morgan fingerprint density at radius 3 is 2.80 bits per heavy atom. The van der Waals surface area contributed by atoms with Gasteiger partial charge in [0.15, 0.2) is 15.7 Å². The van der Waals surface area contributed by atoms with Crippen LogP contribution < -0.4 is 11.1 Å². The number of nitrogens with zero attached hydrogens (tertiary/aromatic N) is 1. The second kappa shape index (κ2) is 5.80. The molecule has 0 saturated heterocycles. The van der Waals surface area contributed by atoms with Crippen molar-refractivity contribution in [1.82, 2.24) is 4.37 Å². The molecule has 1 heterocycles. The number of aryl methyl sites for hydroxylation is 1. The van der Waals surface area contributed by atoms with Crippen molar-refractivity contribution in [2.75, 3.05) is 16.8 Å². The third-order valence-corrected chi connectivity index (χ3v) is 5.64. The molecule has 3 N–H and O–H groups in total. The topological polar surface area (TPSA) is 85.1 Å². The summed E-state index contributed by atoms with van der Waals surface area (Å²) >= 11 is 1.08. The Morgan fingerprint density at radius 1 is 1.40 bits per heavy atom. The summed E-state index contributed by atoms with van der Waals surface area (Å²) in [6.07, 6.45) is 0. The molecule has 0 atom stereocenters. The smallest absolute Gasteiger partial charge is 0.184 e. The molecule has 2 rings (SSSR count). The van der Waals surface area contributed by atoms with Crippen LogP contribution >= 0.6 is 11.5 Å². The van der Waals surface area contributed by atoms with Crippen LogP contribution in [0.4, 0.5) is 10.8 Å². The summed E-state index contributed by atoms with van der Waals surface area (Å²) in [6.45, 7) is 4.15. The maximum Gasteiger partial charge on any atom is 0.184 e. The third-order valence-electron chi connectivity index (χ3n) is 2.90. The van der Waals surface area contributed by atoms with Crippen LogP contribution in [0.1, 0.15) is 18.1 Å².